The Hall–Kier alpha value is -2.55. The van der Waals surface area contributed by atoms with Crippen LogP contribution in [0.5, 0.6) is 5.75 Å². The second kappa shape index (κ2) is 5.40. The second-order valence-electron chi connectivity index (χ2n) is 4.30. The molecule has 0 saturated heterocycles. The average Bonchev–Trinajstić information content (AvgIpc) is 2.38. The first-order valence-electron chi connectivity index (χ1n) is 5.87. The van der Waals surface area contributed by atoms with Crippen LogP contribution in [0.25, 0.3) is 12.2 Å². The maximum Gasteiger partial charge on any atom is 0.335 e. The molecule has 0 radical (unpaired) electrons. The van der Waals surface area contributed by atoms with E-state index in [1.54, 1.807) is 30.3 Å². The quantitative estimate of drug-likeness (QED) is 0.823. The normalized spacial score (nSPS) is 10.8. The van der Waals surface area contributed by atoms with Gasteiger partial charge in [0.05, 0.1) is 5.56 Å². The molecule has 0 bridgehead atoms. The summed E-state index contributed by atoms with van der Waals surface area (Å²) in [6.45, 7) is 1.91. The molecule has 0 aliphatic heterocycles. The number of benzene rings is 2. The lowest BCUT2D eigenvalue weighted by Gasteiger charge is -2.01. The minimum Gasteiger partial charge on any atom is -0.508 e. The van der Waals surface area contributed by atoms with E-state index in [0.717, 1.165) is 16.7 Å². The van der Waals surface area contributed by atoms with Gasteiger partial charge in [-0.15, -0.1) is 0 Å². The molecule has 3 heteroatoms. The third kappa shape index (κ3) is 3.22. The number of phenolic OH excluding ortho intramolecular Hbond substituents is 1. The fraction of sp³-hybridized carbons (Fsp3) is 0.0625. The molecule has 2 rings (SSSR count). The number of aromatic carboxylic acids is 1. The van der Waals surface area contributed by atoms with Crippen molar-refractivity contribution in [3.05, 3.63) is 64.7 Å². The van der Waals surface area contributed by atoms with Gasteiger partial charge >= 0.3 is 5.97 Å². The predicted molar refractivity (Wildman–Crippen MR) is 75.2 cm³/mol. The molecular formula is C16H14O3. The molecule has 19 heavy (non-hydrogen) atoms. The molecule has 0 heterocycles. The molecule has 2 N–H and O–H groups in total. The number of carboxylic acids is 1. The van der Waals surface area contributed by atoms with Crippen LogP contribution in [0.1, 0.15) is 27.0 Å². The number of hydrogen-bond donors (Lipinski definition) is 2. The SMILES string of the molecule is Cc1cc(O)ccc1/C=C/c1cccc(C(=O)O)c1. The van der Waals surface area contributed by atoms with Crippen molar-refractivity contribution in [1.82, 2.24) is 0 Å². The third-order valence-electron chi connectivity index (χ3n) is 2.84. The van der Waals surface area contributed by atoms with Crippen molar-refractivity contribution in [2.75, 3.05) is 0 Å². The molecular weight excluding hydrogens is 240 g/mol. The van der Waals surface area contributed by atoms with Gasteiger partial charge < -0.3 is 10.2 Å². The minimum atomic E-state index is -0.934. The summed E-state index contributed by atoms with van der Waals surface area (Å²) < 4.78 is 0. The number of rotatable bonds is 3. The van der Waals surface area contributed by atoms with E-state index in [4.69, 9.17) is 5.11 Å². The Morgan fingerprint density at radius 3 is 2.58 bits per heavy atom. The average molecular weight is 254 g/mol. The Bertz CT molecular complexity index is 642. The molecule has 2 aromatic carbocycles. The van der Waals surface area contributed by atoms with E-state index in [-0.39, 0.29) is 11.3 Å². The summed E-state index contributed by atoms with van der Waals surface area (Å²) in [6, 6.07) is 11.9. The second-order valence-corrected chi connectivity index (χ2v) is 4.30. The highest BCUT2D eigenvalue weighted by Crippen LogP contribution is 2.18. The molecule has 0 aliphatic carbocycles. The first kappa shape index (κ1) is 12.9. The highest BCUT2D eigenvalue weighted by Gasteiger charge is 2.01. The van der Waals surface area contributed by atoms with Gasteiger partial charge in [-0.2, -0.15) is 0 Å². The molecule has 96 valence electrons. The van der Waals surface area contributed by atoms with Gasteiger partial charge in [-0.1, -0.05) is 30.4 Å². The molecule has 0 fully saturated rings. The van der Waals surface area contributed by atoms with Crippen LogP contribution >= 0.6 is 0 Å². The predicted octanol–water partition coefficient (Wildman–Crippen LogP) is 3.57. The molecule has 0 spiro atoms. The highest BCUT2D eigenvalue weighted by atomic mass is 16.4. The van der Waals surface area contributed by atoms with Crippen LogP contribution in [0.4, 0.5) is 0 Å². The summed E-state index contributed by atoms with van der Waals surface area (Å²) in [4.78, 5) is 10.9. The van der Waals surface area contributed by atoms with E-state index < -0.39 is 5.97 Å². The van der Waals surface area contributed by atoms with Crippen LogP contribution in [0.3, 0.4) is 0 Å². The largest absolute Gasteiger partial charge is 0.508 e. The summed E-state index contributed by atoms with van der Waals surface area (Å²) >= 11 is 0. The summed E-state index contributed by atoms with van der Waals surface area (Å²) in [5.41, 5.74) is 3.04. The monoisotopic (exact) mass is 254 g/mol. The topological polar surface area (TPSA) is 57.5 Å². The van der Waals surface area contributed by atoms with Crippen molar-refractivity contribution in [1.29, 1.82) is 0 Å². The standard InChI is InChI=1S/C16H14O3/c1-11-9-15(17)8-7-13(11)6-5-12-3-2-4-14(10-12)16(18)19/h2-10,17H,1H3,(H,18,19)/b6-5+. The Balaban J connectivity index is 2.27. The molecule has 0 atom stereocenters. The third-order valence-corrected chi connectivity index (χ3v) is 2.84. The number of phenols is 1. The van der Waals surface area contributed by atoms with E-state index in [1.807, 2.05) is 31.2 Å². The summed E-state index contributed by atoms with van der Waals surface area (Å²) in [7, 11) is 0. The fourth-order valence-corrected chi connectivity index (χ4v) is 1.81. The van der Waals surface area contributed by atoms with Crippen molar-refractivity contribution in [2.45, 2.75) is 6.92 Å². The molecule has 0 saturated carbocycles. The fourth-order valence-electron chi connectivity index (χ4n) is 1.81. The lowest BCUT2D eigenvalue weighted by molar-refractivity contribution is 0.0697. The molecule has 2 aromatic rings. The van der Waals surface area contributed by atoms with Crippen LogP contribution in [0, 0.1) is 6.92 Å². The van der Waals surface area contributed by atoms with Crippen molar-refractivity contribution in [3.8, 4) is 5.75 Å². The minimum absolute atomic E-state index is 0.238. The first-order chi connectivity index (χ1) is 9.06. The van der Waals surface area contributed by atoms with E-state index in [1.165, 1.54) is 0 Å². The van der Waals surface area contributed by atoms with Crippen LogP contribution < -0.4 is 0 Å². The lowest BCUT2D eigenvalue weighted by Crippen LogP contribution is -1.95. The number of carbonyl (C=O) groups is 1. The Labute approximate surface area is 111 Å². The Morgan fingerprint density at radius 2 is 1.89 bits per heavy atom. The van der Waals surface area contributed by atoms with Crippen molar-refractivity contribution >= 4 is 18.1 Å². The van der Waals surface area contributed by atoms with Gasteiger partial charge in [0.2, 0.25) is 0 Å². The zero-order valence-corrected chi connectivity index (χ0v) is 10.5. The highest BCUT2D eigenvalue weighted by molar-refractivity contribution is 5.88. The van der Waals surface area contributed by atoms with Gasteiger partial charge in [0, 0.05) is 0 Å². The van der Waals surface area contributed by atoms with Crippen LogP contribution in [0.2, 0.25) is 0 Å². The molecule has 0 unspecified atom stereocenters. The molecule has 0 aromatic heterocycles. The van der Waals surface area contributed by atoms with Gasteiger partial charge in [0.15, 0.2) is 0 Å². The molecule has 0 amide bonds. The first-order valence-corrected chi connectivity index (χ1v) is 5.87. The van der Waals surface area contributed by atoms with Crippen molar-refractivity contribution < 1.29 is 15.0 Å². The number of aromatic hydroxyl groups is 1. The number of carboxylic acid groups (broad SMARTS) is 1. The number of aryl methyl sites for hydroxylation is 1. The maximum absolute atomic E-state index is 10.9. The van der Waals surface area contributed by atoms with Crippen LogP contribution in [-0.4, -0.2) is 16.2 Å². The van der Waals surface area contributed by atoms with Gasteiger partial charge in [0.25, 0.3) is 0 Å². The molecule has 3 nitrogen and oxygen atoms in total. The lowest BCUT2D eigenvalue weighted by atomic mass is 10.1. The van der Waals surface area contributed by atoms with E-state index >= 15 is 0 Å². The maximum atomic E-state index is 10.9. The molecule has 0 aliphatic rings. The number of hydrogen-bond acceptors (Lipinski definition) is 2. The van der Waals surface area contributed by atoms with Crippen molar-refractivity contribution in [3.63, 3.8) is 0 Å². The summed E-state index contributed by atoms with van der Waals surface area (Å²) in [6.07, 6.45) is 3.75. The van der Waals surface area contributed by atoms with Gasteiger partial charge in [-0.05, 0) is 47.9 Å². The smallest absolute Gasteiger partial charge is 0.335 e. The van der Waals surface area contributed by atoms with Gasteiger partial charge in [-0.3, -0.25) is 0 Å². The Kier molecular flexibility index (Phi) is 3.66. The van der Waals surface area contributed by atoms with E-state index in [0.29, 0.717) is 0 Å². The van der Waals surface area contributed by atoms with Crippen LogP contribution in [-0.2, 0) is 0 Å². The summed E-state index contributed by atoms with van der Waals surface area (Å²) in [5.74, 6) is -0.696. The van der Waals surface area contributed by atoms with Gasteiger partial charge in [-0.25, -0.2) is 4.79 Å². The van der Waals surface area contributed by atoms with E-state index in [9.17, 15) is 9.90 Å². The Morgan fingerprint density at radius 1 is 1.11 bits per heavy atom. The van der Waals surface area contributed by atoms with E-state index in [2.05, 4.69) is 0 Å². The summed E-state index contributed by atoms with van der Waals surface area (Å²) in [5, 5.41) is 18.2. The van der Waals surface area contributed by atoms with Gasteiger partial charge in [0.1, 0.15) is 5.75 Å². The van der Waals surface area contributed by atoms with Crippen molar-refractivity contribution in [2.24, 2.45) is 0 Å². The zero-order chi connectivity index (χ0) is 13.8. The van der Waals surface area contributed by atoms with Crippen LogP contribution in [0.15, 0.2) is 42.5 Å². The zero-order valence-electron chi connectivity index (χ0n) is 10.5.